The van der Waals surface area contributed by atoms with Gasteiger partial charge in [0, 0.05) is 19.6 Å². The molecule has 13 heavy (non-hydrogen) atoms. The maximum atomic E-state index is 10.0. The summed E-state index contributed by atoms with van der Waals surface area (Å²) < 4.78 is 10.6. The van der Waals surface area contributed by atoms with E-state index in [2.05, 4.69) is 0 Å². The first-order valence-electron chi connectivity index (χ1n) is 5.11. The van der Waals surface area contributed by atoms with E-state index in [0.717, 1.165) is 13.0 Å². The van der Waals surface area contributed by atoms with Gasteiger partial charge in [-0.3, -0.25) is 0 Å². The maximum Gasteiger partial charge on any atom is 0.0861 e. The highest BCUT2D eigenvalue weighted by molar-refractivity contribution is 4.90. The van der Waals surface area contributed by atoms with Gasteiger partial charge < -0.3 is 14.6 Å². The van der Waals surface area contributed by atoms with Gasteiger partial charge in [-0.15, -0.1) is 0 Å². The van der Waals surface area contributed by atoms with Crippen molar-refractivity contribution in [2.24, 2.45) is 11.8 Å². The molecule has 2 rings (SSSR count). The smallest absolute Gasteiger partial charge is 0.0861 e. The molecule has 2 aliphatic rings. The van der Waals surface area contributed by atoms with E-state index in [-0.39, 0.29) is 12.2 Å². The fraction of sp³-hybridized carbons (Fsp3) is 1.00. The van der Waals surface area contributed by atoms with Crippen LogP contribution in [0.1, 0.15) is 19.3 Å². The van der Waals surface area contributed by atoms with Crippen molar-refractivity contribution in [3.63, 3.8) is 0 Å². The number of hydrogen-bond acceptors (Lipinski definition) is 3. The second kappa shape index (κ2) is 3.95. The van der Waals surface area contributed by atoms with Crippen molar-refractivity contribution in [1.82, 2.24) is 0 Å². The van der Waals surface area contributed by atoms with E-state index in [4.69, 9.17) is 9.47 Å². The molecule has 0 aromatic carbocycles. The summed E-state index contributed by atoms with van der Waals surface area (Å²) in [5.41, 5.74) is 0. The number of aliphatic hydroxyl groups is 1. The van der Waals surface area contributed by atoms with Crippen LogP contribution in [0.3, 0.4) is 0 Å². The van der Waals surface area contributed by atoms with Crippen LogP contribution in [0.15, 0.2) is 0 Å². The van der Waals surface area contributed by atoms with Gasteiger partial charge in [0.1, 0.15) is 0 Å². The third kappa shape index (κ3) is 2.03. The molecule has 3 heteroatoms. The van der Waals surface area contributed by atoms with Crippen molar-refractivity contribution < 1.29 is 14.6 Å². The molecule has 1 aliphatic carbocycles. The van der Waals surface area contributed by atoms with Gasteiger partial charge in [-0.1, -0.05) is 0 Å². The van der Waals surface area contributed by atoms with E-state index in [9.17, 15) is 5.11 Å². The molecular formula is C10H18O3. The molecule has 1 heterocycles. The lowest BCUT2D eigenvalue weighted by Gasteiger charge is -2.25. The van der Waals surface area contributed by atoms with Crippen LogP contribution in [-0.4, -0.2) is 37.6 Å². The SMILES string of the molecule is COC(C1CC1)C(O)C1CCOC1. The van der Waals surface area contributed by atoms with E-state index in [1.165, 1.54) is 12.8 Å². The van der Waals surface area contributed by atoms with Crippen LogP contribution >= 0.6 is 0 Å². The molecular weight excluding hydrogens is 168 g/mol. The Morgan fingerprint density at radius 1 is 1.31 bits per heavy atom. The summed E-state index contributed by atoms with van der Waals surface area (Å²) in [6.07, 6.45) is 3.13. The Bertz CT molecular complexity index is 162. The zero-order valence-electron chi connectivity index (χ0n) is 8.11. The first-order valence-corrected chi connectivity index (χ1v) is 5.11. The molecule has 2 fully saturated rings. The Labute approximate surface area is 79.0 Å². The van der Waals surface area contributed by atoms with Gasteiger partial charge in [0.2, 0.25) is 0 Å². The number of methoxy groups -OCH3 is 1. The zero-order chi connectivity index (χ0) is 9.26. The predicted molar refractivity (Wildman–Crippen MR) is 48.5 cm³/mol. The van der Waals surface area contributed by atoms with Gasteiger partial charge in [0.25, 0.3) is 0 Å². The van der Waals surface area contributed by atoms with E-state index in [1.807, 2.05) is 0 Å². The molecule has 0 bridgehead atoms. The molecule has 0 amide bonds. The largest absolute Gasteiger partial charge is 0.390 e. The van der Waals surface area contributed by atoms with Gasteiger partial charge in [0.05, 0.1) is 18.8 Å². The van der Waals surface area contributed by atoms with Crippen molar-refractivity contribution in [2.75, 3.05) is 20.3 Å². The van der Waals surface area contributed by atoms with Crippen molar-refractivity contribution in [1.29, 1.82) is 0 Å². The van der Waals surface area contributed by atoms with Crippen LogP contribution in [-0.2, 0) is 9.47 Å². The van der Waals surface area contributed by atoms with Gasteiger partial charge in [-0.25, -0.2) is 0 Å². The summed E-state index contributed by atoms with van der Waals surface area (Å²) in [5, 5.41) is 10.0. The van der Waals surface area contributed by atoms with Crippen LogP contribution in [0.2, 0.25) is 0 Å². The number of hydrogen-bond donors (Lipinski definition) is 1. The average Bonchev–Trinajstić information content (AvgIpc) is 2.83. The van der Waals surface area contributed by atoms with E-state index in [1.54, 1.807) is 7.11 Å². The molecule has 1 aliphatic heterocycles. The van der Waals surface area contributed by atoms with Crippen molar-refractivity contribution in [3.05, 3.63) is 0 Å². The summed E-state index contributed by atoms with van der Waals surface area (Å²) in [6.45, 7) is 1.50. The molecule has 3 unspecified atom stereocenters. The Morgan fingerprint density at radius 2 is 2.08 bits per heavy atom. The van der Waals surface area contributed by atoms with Crippen molar-refractivity contribution >= 4 is 0 Å². The fourth-order valence-electron chi connectivity index (χ4n) is 2.13. The lowest BCUT2D eigenvalue weighted by atomic mass is 9.94. The highest BCUT2D eigenvalue weighted by Gasteiger charge is 2.40. The summed E-state index contributed by atoms with van der Waals surface area (Å²) in [4.78, 5) is 0. The van der Waals surface area contributed by atoms with Gasteiger partial charge >= 0.3 is 0 Å². The first-order chi connectivity index (χ1) is 6.33. The second-order valence-corrected chi connectivity index (χ2v) is 4.15. The average molecular weight is 186 g/mol. The van der Waals surface area contributed by atoms with Gasteiger partial charge in [-0.2, -0.15) is 0 Å². The molecule has 1 N–H and O–H groups in total. The number of ether oxygens (including phenoxy) is 2. The number of aliphatic hydroxyl groups excluding tert-OH is 1. The Balaban J connectivity index is 1.88. The molecule has 0 aromatic rings. The van der Waals surface area contributed by atoms with Crippen LogP contribution in [0.5, 0.6) is 0 Å². The lowest BCUT2D eigenvalue weighted by molar-refractivity contribution is -0.0534. The van der Waals surface area contributed by atoms with Crippen LogP contribution in [0.25, 0.3) is 0 Å². The summed E-state index contributed by atoms with van der Waals surface area (Å²) in [6, 6.07) is 0. The molecule has 0 aromatic heterocycles. The van der Waals surface area contributed by atoms with Gasteiger partial charge in [0.15, 0.2) is 0 Å². The Hall–Kier alpha value is -0.120. The molecule has 1 saturated heterocycles. The van der Waals surface area contributed by atoms with Gasteiger partial charge in [-0.05, 0) is 25.2 Å². The highest BCUT2D eigenvalue weighted by Crippen LogP contribution is 2.38. The standard InChI is InChI=1S/C10H18O3/c1-12-10(7-2-3-7)9(11)8-4-5-13-6-8/h7-11H,2-6H2,1H3. The highest BCUT2D eigenvalue weighted by atomic mass is 16.5. The fourth-order valence-corrected chi connectivity index (χ4v) is 2.13. The summed E-state index contributed by atoms with van der Waals surface area (Å²) in [5.74, 6) is 0.895. The quantitative estimate of drug-likeness (QED) is 0.706. The minimum absolute atomic E-state index is 0.0479. The molecule has 76 valence electrons. The first kappa shape index (κ1) is 9.44. The minimum atomic E-state index is -0.319. The molecule has 0 radical (unpaired) electrons. The van der Waals surface area contributed by atoms with Crippen molar-refractivity contribution in [3.8, 4) is 0 Å². The topological polar surface area (TPSA) is 38.7 Å². The third-order valence-corrected chi connectivity index (χ3v) is 3.14. The molecule has 3 atom stereocenters. The van der Waals surface area contributed by atoms with Crippen LogP contribution in [0, 0.1) is 11.8 Å². The predicted octanol–water partition coefficient (Wildman–Crippen LogP) is 0.809. The number of rotatable bonds is 4. The maximum absolute atomic E-state index is 10.0. The summed E-state index contributed by atoms with van der Waals surface area (Å²) in [7, 11) is 1.70. The summed E-state index contributed by atoms with van der Waals surface area (Å²) >= 11 is 0. The zero-order valence-corrected chi connectivity index (χ0v) is 8.11. The van der Waals surface area contributed by atoms with Crippen molar-refractivity contribution in [2.45, 2.75) is 31.5 Å². The van der Waals surface area contributed by atoms with Crippen LogP contribution in [0.4, 0.5) is 0 Å². The second-order valence-electron chi connectivity index (χ2n) is 4.15. The Morgan fingerprint density at radius 3 is 2.54 bits per heavy atom. The van der Waals surface area contributed by atoms with E-state index < -0.39 is 0 Å². The molecule has 0 spiro atoms. The monoisotopic (exact) mass is 186 g/mol. The molecule has 1 saturated carbocycles. The van der Waals surface area contributed by atoms with E-state index in [0.29, 0.717) is 18.4 Å². The third-order valence-electron chi connectivity index (χ3n) is 3.14. The Kier molecular flexibility index (Phi) is 2.86. The van der Waals surface area contributed by atoms with E-state index >= 15 is 0 Å². The normalized spacial score (nSPS) is 33.2. The lowest BCUT2D eigenvalue weighted by Crippen LogP contribution is -2.36. The molecule has 3 nitrogen and oxygen atoms in total. The minimum Gasteiger partial charge on any atom is -0.390 e. The van der Waals surface area contributed by atoms with Crippen LogP contribution < -0.4 is 0 Å².